The van der Waals surface area contributed by atoms with E-state index < -0.39 is 0 Å². The third kappa shape index (κ3) is 2.39. The Morgan fingerprint density at radius 2 is 2.00 bits per heavy atom. The Labute approximate surface area is 114 Å². The first-order valence-corrected chi connectivity index (χ1v) is 7.25. The second-order valence-electron chi connectivity index (χ2n) is 5.62. The number of ether oxygens (including phenoxy) is 1. The molecule has 19 heavy (non-hydrogen) atoms. The lowest BCUT2D eigenvalue weighted by atomic mass is 9.86. The third-order valence-corrected chi connectivity index (χ3v) is 4.22. The van der Waals surface area contributed by atoms with Crippen LogP contribution in [0.3, 0.4) is 0 Å². The average Bonchev–Trinajstić information content (AvgIpc) is 2.74. The Bertz CT molecular complexity index is 524. The first-order chi connectivity index (χ1) is 9.27. The van der Waals surface area contributed by atoms with Crippen LogP contribution < -0.4 is 0 Å². The lowest BCUT2D eigenvalue weighted by molar-refractivity contribution is 0.112. The summed E-state index contributed by atoms with van der Waals surface area (Å²) in [5.74, 6) is 1.78. The van der Waals surface area contributed by atoms with E-state index in [1.165, 1.54) is 42.4 Å². The van der Waals surface area contributed by atoms with Crippen molar-refractivity contribution in [3.05, 3.63) is 29.6 Å². The van der Waals surface area contributed by atoms with Gasteiger partial charge in [-0.1, -0.05) is 0 Å². The summed E-state index contributed by atoms with van der Waals surface area (Å²) in [5, 5.41) is 0. The fraction of sp³-hybridized carbons (Fsp3) is 0.562. The van der Waals surface area contributed by atoms with E-state index in [9.17, 15) is 0 Å². The molecular formula is C16H22N2O. The van der Waals surface area contributed by atoms with Gasteiger partial charge in [-0.15, -0.1) is 0 Å². The molecule has 0 radical (unpaired) electrons. The molecule has 0 aliphatic carbocycles. The van der Waals surface area contributed by atoms with Crippen LogP contribution in [0.1, 0.15) is 42.7 Å². The molecule has 0 saturated carbocycles. The van der Waals surface area contributed by atoms with E-state index in [0.717, 1.165) is 19.0 Å². The fourth-order valence-corrected chi connectivity index (χ4v) is 3.19. The second kappa shape index (κ2) is 5.33. The summed E-state index contributed by atoms with van der Waals surface area (Å²) in [4.78, 5) is 4.55. The van der Waals surface area contributed by atoms with Crippen molar-refractivity contribution >= 4 is 0 Å². The molecule has 0 aromatic carbocycles. The molecule has 102 valence electrons. The van der Waals surface area contributed by atoms with Gasteiger partial charge < -0.3 is 9.30 Å². The number of hydrogen-bond donors (Lipinski definition) is 0. The SMILES string of the molecule is Cc1cnc2n(C)ccc(C3CCCOCCC3)c1-2. The van der Waals surface area contributed by atoms with Crippen LogP contribution in [0, 0.1) is 6.92 Å². The predicted molar refractivity (Wildman–Crippen MR) is 76.6 cm³/mol. The first-order valence-electron chi connectivity index (χ1n) is 7.25. The van der Waals surface area contributed by atoms with E-state index in [2.05, 4.69) is 35.8 Å². The second-order valence-corrected chi connectivity index (χ2v) is 5.62. The monoisotopic (exact) mass is 258 g/mol. The van der Waals surface area contributed by atoms with E-state index in [-0.39, 0.29) is 0 Å². The van der Waals surface area contributed by atoms with Gasteiger partial charge in [0.1, 0.15) is 5.82 Å². The number of nitrogens with zero attached hydrogens (tertiary/aromatic N) is 2. The highest BCUT2D eigenvalue weighted by atomic mass is 16.5. The highest BCUT2D eigenvalue weighted by Gasteiger charge is 2.22. The maximum absolute atomic E-state index is 5.56. The summed E-state index contributed by atoms with van der Waals surface area (Å²) in [6.07, 6.45) is 8.95. The molecule has 0 N–H and O–H groups in total. The van der Waals surface area contributed by atoms with Gasteiger partial charge >= 0.3 is 0 Å². The molecule has 1 fully saturated rings. The van der Waals surface area contributed by atoms with Crippen LogP contribution in [0.2, 0.25) is 0 Å². The van der Waals surface area contributed by atoms with Crippen LogP contribution in [0.15, 0.2) is 18.5 Å². The normalized spacial score (nSPS) is 18.4. The molecule has 3 heteroatoms. The maximum atomic E-state index is 5.56. The van der Waals surface area contributed by atoms with Crippen molar-refractivity contribution in [2.24, 2.45) is 7.05 Å². The quantitative estimate of drug-likeness (QED) is 0.782. The Balaban J connectivity index is 1.99. The molecule has 0 spiro atoms. The van der Waals surface area contributed by atoms with E-state index >= 15 is 0 Å². The van der Waals surface area contributed by atoms with Crippen LogP contribution in [0.4, 0.5) is 0 Å². The molecule has 3 aliphatic heterocycles. The molecule has 0 aromatic rings. The molecule has 0 aromatic heterocycles. The molecule has 0 unspecified atom stereocenters. The van der Waals surface area contributed by atoms with E-state index in [4.69, 9.17) is 4.74 Å². The molecule has 0 atom stereocenters. The van der Waals surface area contributed by atoms with Gasteiger partial charge in [0.05, 0.1) is 0 Å². The Kier molecular flexibility index (Phi) is 3.56. The number of aromatic nitrogens is 2. The molecule has 3 rings (SSSR count). The zero-order valence-corrected chi connectivity index (χ0v) is 11.9. The van der Waals surface area contributed by atoms with Crippen molar-refractivity contribution in [1.29, 1.82) is 0 Å². The number of pyridine rings is 1. The highest BCUT2D eigenvalue weighted by Crippen LogP contribution is 2.37. The van der Waals surface area contributed by atoms with Crippen LogP contribution in [0.5, 0.6) is 0 Å². The van der Waals surface area contributed by atoms with Gasteiger partial charge in [0.15, 0.2) is 0 Å². The number of aryl methyl sites for hydroxylation is 2. The van der Waals surface area contributed by atoms with Crippen molar-refractivity contribution in [3.63, 3.8) is 0 Å². The van der Waals surface area contributed by atoms with E-state index in [0.29, 0.717) is 5.92 Å². The smallest absolute Gasteiger partial charge is 0.140 e. The summed E-state index contributed by atoms with van der Waals surface area (Å²) in [6, 6.07) is 2.30. The number of rotatable bonds is 1. The van der Waals surface area contributed by atoms with Crippen LogP contribution in [-0.2, 0) is 11.8 Å². The molecule has 3 aliphatic rings. The molecule has 0 amide bonds. The minimum atomic E-state index is 0.662. The molecule has 1 saturated heterocycles. The van der Waals surface area contributed by atoms with Gasteiger partial charge in [-0.3, -0.25) is 0 Å². The third-order valence-electron chi connectivity index (χ3n) is 4.22. The standard InChI is InChI=1S/C16H22N2O/c1-12-11-17-16-15(12)14(7-8-18(16)2)13-5-3-9-19-10-4-6-13/h7-8,11,13H,3-6,9-10H2,1-2H3. The summed E-state index contributed by atoms with van der Waals surface area (Å²) in [6.45, 7) is 4.00. The van der Waals surface area contributed by atoms with Crippen LogP contribution in [0.25, 0.3) is 11.4 Å². The van der Waals surface area contributed by atoms with Gasteiger partial charge in [0.25, 0.3) is 0 Å². The Morgan fingerprint density at radius 3 is 2.74 bits per heavy atom. The molecule has 0 bridgehead atoms. The van der Waals surface area contributed by atoms with E-state index in [1.54, 1.807) is 0 Å². The van der Waals surface area contributed by atoms with Gasteiger partial charge in [-0.2, -0.15) is 0 Å². The topological polar surface area (TPSA) is 27.1 Å². The van der Waals surface area contributed by atoms with Gasteiger partial charge in [-0.25, -0.2) is 4.98 Å². The van der Waals surface area contributed by atoms with Crippen LogP contribution in [-0.4, -0.2) is 22.8 Å². The largest absolute Gasteiger partial charge is 0.381 e. The molecular weight excluding hydrogens is 236 g/mol. The van der Waals surface area contributed by atoms with Crippen molar-refractivity contribution in [3.8, 4) is 11.4 Å². The number of hydrogen-bond acceptors (Lipinski definition) is 2. The summed E-state index contributed by atoms with van der Waals surface area (Å²) in [7, 11) is 2.07. The minimum Gasteiger partial charge on any atom is -0.381 e. The van der Waals surface area contributed by atoms with Crippen molar-refractivity contribution in [2.75, 3.05) is 13.2 Å². The van der Waals surface area contributed by atoms with Crippen molar-refractivity contribution in [2.45, 2.75) is 38.5 Å². The van der Waals surface area contributed by atoms with Crippen molar-refractivity contribution in [1.82, 2.24) is 9.55 Å². The predicted octanol–water partition coefficient (Wildman–Crippen LogP) is 3.51. The molecule has 3 heterocycles. The summed E-state index contributed by atoms with van der Waals surface area (Å²) < 4.78 is 7.68. The van der Waals surface area contributed by atoms with Crippen LogP contribution >= 0.6 is 0 Å². The Hall–Kier alpha value is -1.35. The summed E-state index contributed by atoms with van der Waals surface area (Å²) in [5.41, 5.74) is 4.17. The zero-order valence-electron chi connectivity index (χ0n) is 11.9. The number of fused-ring (bicyclic) bond motifs is 1. The van der Waals surface area contributed by atoms with E-state index in [1.807, 2.05) is 6.20 Å². The van der Waals surface area contributed by atoms with Crippen molar-refractivity contribution < 1.29 is 4.74 Å². The average molecular weight is 258 g/mol. The lowest BCUT2D eigenvalue weighted by Gasteiger charge is -2.23. The van der Waals surface area contributed by atoms with Gasteiger partial charge in [-0.05, 0) is 55.7 Å². The molecule has 3 nitrogen and oxygen atoms in total. The van der Waals surface area contributed by atoms with Gasteiger partial charge in [0.2, 0.25) is 0 Å². The lowest BCUT2D eigenvalue weighted by Crippen LogP contribution is -2.11. The zero-order chi connectivity index (χ0) is 13.2. The fourth-order valence-electron chi connectivity index (χ4n) is 3.19. The minimum absolute atomic E-state index is 0.662. The highest BCUT2D eigenvalue weighted by molar-refractivity contribution is 5.67. The van der Waals surface area contributed by atoms with Gasteiger partial charge in [0, 0.05) is 38.2 Å². The maximum Gasteiger partial charge on any atom is 0.140 e. The Morgan fingerprint density at radius 1 is 1.26 bits per heavy atom. The summed E-state index contributed by atoms with van der Waals surface area (Å²) >= 11 is 0. The first kappa shape index (κ1) is 12.7.